The number of aliphatic hydroxyl groups excluding tert-OH is 4. The van der Waals surface area contributed by atoms with Gasteiger partial charge in [-0.15, -0.1) is 13.5 Å². The number of nitrogens with zero attached hydrogens (tertiary/aromatic N) is 7. The molecule has 3 aromatic heterocycles. The third-order valence-corrected chi connectivity index (χ3v) is 15.1. The zero-order valence-corrected chi connectivity index (χ0v) is 43.4. The number of likely N-dealkylation sites (N-methyl/N-ethyl adjacent to an activating group) is 1. The Morgan fingerprint density at radius 3 is 2.44 bits per heavy atom. The van der Waals surface area contributed by atoms with Gasteiger partial charge in [-0.1, -0.05) is 12.1 Å². The number of amides is 4. The highest BCUT2D eigenvalue weighted by molar-refractivity contribution is 7.82. The van der Waals surface area contributed by atoms with Gasteiger partial charge in [-0.05, 0) is 49.1 Å². The third-order valence-electron chi connectivity index (χ3n) is 14.4. The molecular weight excluding hydrogens is 1100 g/mol. The molecule has 7 N–H and O–H groups in total. The summed E-state index contributed by atoms with van der Waals surface area (Å²) in [5, 5.41) is 73.1. The Hall–Kier alpha value is -8.30. The van der Waals surface area contributed by atoms with E-state index in [2.05, 4.69) is 15.6 Å². The number of imide groups is 1. The van der Waals surface area contributed by atoms with Crippen LogP contribution in [0.5, 0.6) is 17.2 Å². The molecule has 0 bridgehead atoms. The van der Waals surface area contributed by atoms with Gasteiger partial charge in [0.2, 0.25) is 12.2 Å². The molecule has 31 heteroatoms. The van der Waals surface area contributed by atoms with Crippen molar-refractivity contribution in [1.29, 1.82) is 0 Å². The molecule has 0 saturated carbocycles. The van der Waals surface area contributed by atoms with E-state index in [1.165, 1.54) is 40.4 Å². The van der Waals surface area contributed by atoms with Crippen molar-refractivity contribution in [3.8, 4) is 28.6 Å². The molecule has 2 aromatic carbocycles. The van der Waals surface area contributed by atoms with E-state index in [0.29, 0.717) is 11.3 Å². The molecule has 5 aliphatic rings. The lowest BCUT2D eigenvalue weighted by Crippen LogP contribution is -2.61. The van der Waals surface area contributed by atoms with Crippen LogP contribution < -0.4 is 24.0 Å². The number of nitrogens with one attached hydrogen (secondary N) is 1. The Kier molecular flexibility index (Phi) is 15.0. The molecule has 1 saturated heterocycles. The number of carbonyl (C=O) groups excluding carboxylic acids is 5. The molecule has 0 spiro atoms. The number of aryl methyl sites for hydroxylation is 1. The minimum absolute atomic E-state index is 0.00275. The molecule has 4 amide bonds. The summed E-state index contributed by atoms with van der Waals surface area (Å²) in [7, 11) is -4.22. The second-order valence-electron chi connectivity index (χ2n) is 19.3. The van der Waals surface area contributed by atoms with Gasteiger partial charge in [0.15, 0.2) is 34.8 Å². The molecule has 81 heavy (non-hydrogen) atoms. The second-order valence-corrected chi connectivity index (χ2v) is 20.5. The van der Waals surface area contributed by atoms with Gasteiger partial charge >= 0.3 is 22.3 Å². The number of hydrogen-bond acceptors (Lipinski definition) is 23. The lowest BCUT2D eigenvalue weighted by molar-refractivity contribution is -0.271. The predicted octanol–water partition coefficient (Wildman–Crippen LogP) is -1.91. The van der Waals surface area contributed by atoms with Crippen LogP contribution in [0.1, 0.15) is 69.7 Å². The standard InChI is InChI=1S/C50H49FN8O21S/c1-3-50(72)27-15-31-39-25(19-58(31)46(68)26(27)21-76-49(50)71)38-29(52-34(61)20-60)6-5-24-37(38)30(53-39)16-28(51)43(24)80-81(73,74)79-33-14-22(4-7-32(33)77-48-42(66)40(64)41(65)44(78-48)47(69)70)45(67)56(2)10-12-75-13-11-57-17-23(54-55-57)18-59-35(62)8-9-36(59)63/h4,7-9,14-17,29,40-42,44,48,60,64-66,72H,3,5-6,10-13,18-21H2,1-2H3,(H,52,61)(H,69,70)/t29-,40+,41+,42-,44+,48?,50+/m1/s1. The van der Waals surface area contributed by atoms with Crippen LogP contribution in [0.4, 0.5) is 4.39 Å². The fraction of sp³-hybridized carbons (Fsp3) is 0.400. The normalized spacial score (nSPS) is 22.7. The van der Waals surface area contributed by atoms with Crippen molar-refractivity contribution in [3.05, 3.63) is 104 Å². The zero-order chi connectivity index (χ0) is 58.0. The molecule has 29 nitrogen and oxygen atoms in total. The fourth-order valence-corrected chi connectivity index (χ4v) is 11.0. The van der Waals surface area contributed by atoms with Crippen molar-refractivity contribution in [3.63, 3.8) is 0 Å². The van der Waals surface area contributed by atoms with E-state index in [4.69, 9.17) is 32.3 Å². The highest BCUT2D eigenvalue weighted by Crippen LogP contribution is 2.48. The van der Waals surface area contributed by atoms with Crippen molar-refractivity contribution < 1.29 is 99.5 Å². The maximum atomic E-state index is 16.7. The van der Waals surface area contributed by atoms with Crippen molar-refractivity contribution in [2.24, 2.45) is 0 Å². The highest BCUT2D eigenvalue weighted by atomic mass is 32.3. The number of carbonyl (C=O) groups is 6. The number of aliphatic hydroxyl groups is 5. The Morgan fingerprint density at radius 1 is 0.975 bits per heavy atom. The van der Waals surface area contributed by atoms with Gasteiger partial charge in [0.25, 0.3) is 23.3 Å². The van der Waals surface area contributed by atoms with Gasteiger partial charge in [-0.25, -0.2) is 23.6 Å². The molecule has 4 aliphatic heterocycles. The molecule has 428 valence electrons. The number of halogens is 1. The summed E-state index contributed by atoms with van der Waals surface area (Å²) in [5.41, 5.74) is -2.23. The second kappa shape index (κ2) is 21.6. The van der Waals surface area contributed by atoms with Crippen LogP contribution in [-0.4, -0.2) is 173 Å². The van der Waals surface area contributed by atoms with Gasteiger partial charge in [0.1, 0.15) is 37.2 Å². The number of esters is 1. The lowest BCUT2D eigenvalue weighted by Gasteiger charge is -2.38. The minimum Gasteiger partial charge on any atom is -0.479 e. The minimum atomic E-state index is -5.59. The van der Waals surface area contributed by atoms with Gasteiger partial charge in [-0.3, -0.25) is 28.9 Å². The summed E-state index contributed by atoms with van der Waals surface area (Å²) in [6.45, 7) is -0.0127. The quantitative estimate of drug-likeness (QED) is 0.0264. The van der Waals surface area contributed by atoms with E-state index >= 15 is 4.39 Å². The first kappa shape index (κ1) is 56.0. The molecule has 0 radical (unpaired) electrons. The average Bonchev–Trinajstić information content (AvgIpc) is 2.44. The number of hydrogen-bond donors (Lipinski definition) is 7. The lowest BCUT2D eigenvalue weighted by atomic mass is 9.82. The number of cyclic esters (lactones) is 1. The number of carboxylic acids is 1. The van der Waals surface area contributed by atoms with Gasteiger partial charge in [0, 0.05) is 59.5 Å². The van der Waals surface area contributed by atoms with E-state index in [0.717, 1.165) is 41.3 Å². The summed E-state index contributed by atoms with van der Waals surface area (Å²) >= 11 is 0. The van der Waals surface area contributed by atoms with Crippen molar-refractivity contribution in [2.75, 3.05) is 33.4 Å². The average molecular weight is 1150 g/mol. The predicted molar refractivity (Wildman–Crippen MR) is 265 cm³/mol. The van der Waals surface area contributed by atoms with E-state index in [-0.39, 0.29) is 109 Å². The SMILES string of the molecule is CC[C@@]1(O)C(=O)OCc2c1cc1n(c2=O)Cc2c-1nc1cc(F)c(OS(=O)(=O)Oc3cc(C(=O)N(C)CCOCCn4cc(CN5C(=O)C=CC5=O)nn4)ccc3OC3O[C@H](C(=O)O)[C@@H](O)[C@H](O)[C@H]3O)c3c1c2[C@H](NC(=O)CO)CC3. The molecule has 5 aromatic rings. The molecule has 10 rings (SSSR count). The van der Waals surface area contributed by atoms with E-state index in [9.17, 15) is 72.6 Å². The summed E-state index contributed by atoms with van der Waals surface area (Å²) in [5.74, 6) is -9.09. The van der Waals surface area contributed by atoms with Crippen LogP contribution in [0.3, 0.4) is 0 Å². The van der Waals surface area contributed by atoms with E-state index < -0.39 is 130 Å². The maximum Gasteiger partial charge on any atom is 0.501 e. The van der Waals surface area contributed by atoms with Gasteiger partial charge in [0.05, 0.1) is 67.6 Å². The van der Waals surface area contributed by atoms with Crippen molar-refractivity contribution in [2.45, 2.75) is 94.8 Å². The molecule has 1 aliphatic carbocycles. The van der Waals surface area contributed by atoms with Crippen LogP contribution in [0, 0.1) is 5.82 Å². The van der Waals surface area contributed by atoms with Crippen LogP contribution in [-0.2, 0) is 86.8 Å². The summed E-state index contributed by atoms with van der Waals surface area (Å²) < 4.78 is 80.3. The van der Waals surface area contributed by atoms with Crippen LogP contribution in [0.25, 0.3) is 22.3 Å². The van der Waals surface area contributed by atoms with Crippen molar-refractivity contribution in [1.82, 2.24) is 39.7 Å². The molecular formula is C50H49FN8O21S. The third kappa shape index (κ3) is 10.3. The fourth-order valence-electron chi connectivity index (χ4n) is 10.2. The number of benzene rings is 2. The number of pyridine rings is 2. The summed E-state index contributed by atoms with van der Waals surface area (Å²) in [6.07, 6.45) is -7.42. The zero-order valence-electron chi connectivity index (χ0n) is 42.6. The first-order chi connectivity index (χ1) is 38.5. The van der Waals surface area contributed by atoms with Crippen molar-refractivity contribution >= 4 is 56.9 Å². The number of fused-ring (bicyclic) bond motifs is 5. The highest BCUT2D eigenvalue weighted by Gasteiger charge is 2.49. The monoisotopic (exact) mass is 1150 g/mol. The number of carboxylic acid groups (broad SMARTS) is 1. The summed E-state index contributed by atoms with van der Waals surface area (Å²) in [6, 6.07) is 4.23. The summed E-state index contributed by atoms with van der Waals surface area (Å²) in [4.78, 5) is 96.2. The van der Waals surface area contributed by atoms with E-state index in [1.807, 2.05) is 0 Å². The number of ether oxygens (including phenoxy) is 4. The maximum absolute atomic E-state index is 16.7. The smallest absolute Gasteiger partial charge is 0.479 e. The van der Waals surface area contributed by atoms with Crippen LogP contribution in [0.15, 0.2) is 53.5 Å². The van der Waals surface area contributed by atoms with Crippen LogP contribution >= 0.6 is 0 Å². The first-order valence-corrected chi connectivity index (χ1v) is 26.2. The Morgan fingerprint density at radius 2 is 1.73 bits per heavy atom. The Balaban J connectivity index is 0.933. The van der Waals surface area contributed by atoms with Gasteiger partial charge < -0.3 is 72.7 Å². The number of aromatic nitrogens is 5. The van der Waals surface area contributed by atoms with Crippen LogP contribution in [0.2, 0.25) is 0 Å². The molecule has 7 heterocycles. The first-order valence-electron chi connectivity index (χ1n) is 24.9. The molecule has 1 unspecified atom stereocenters. The number of aliphatic carboxylic acids is 1. The topological polar surface area (TPSA) is 397 Å². The largest absolute Gasteiger partial charge is 0.501 e. The molecule has 7 atom stereocenters. The Bertz CT molecular complexity index is 3670. The molecule has 1 fully saturated rings. The van der Waals surface area contributed by atoms with Gasteiger partial charge in [-0.2, -0.15) is 0 Å². The van der Waals surface area contributed by atoms with E-state index in [1.54, 1.807) is 0 Å². The number of rotatable bonds is 19. The Labute approximate surface area is 455 Å².